The molecule has 0 saturated heterocycles. The largest absolute Gasteiger partial charge is 0.479 e. The summed E-state index contributed by atoms with van der Waals surface area (Å²) in [6, 6.07) is -0.439. The van der Waals surface area contributed by atoms with E-state index >= 15 is 0 Å². The van der Waals surface area contributed by atoms with Crippen molar-refractivity contribution < 1.29 is 9.53 Å². The average molecular weight is 309 g/mol. The molecule has 1 N–H and O–H groups in total. The van der Waals surface area contributed by atoms with Crippen molar-refractivity contribution in [1.82, 2.24) is 24.4 Å². The molecule has 0 spiro atoms. The third kappa shape index (κ3) is 2.63. The molecule has 2 rings (SSSR count). The Labute approximate surface area is 128 Å². The maximum absolute atomic E-state index is 12.5. The summed E-state index contributed by atoms with van der Waals surface area (Å²) in [7, 11) is 1.53. The van der Waals surface area contributed by atoms with E-state index in [1.807, 2.05) is 20.8 Å². The number of methoxy groups -OCH3 is 1. The van der Waals surface area contributed by atoms with Gasteiger partial charge in [0, 0.05) is 13.1 Å². The number of likely N-dealkylation sites (N-methyl/N-ethyl adjacent to an activating group) is 1. The van der Waals surface area contributed by atoms with Gasteiger partial charge in [-0.1, -0.05) is 0 Å². The Morgan fingerprint density at radius 1 is 1.48 bits per heavy atom. The van der Waals surface area contributed by atoms with Crippen LogP contribution in [-0.2, 0) is 4.79 Å². The standard InChI is InChI=1S/C13H19N5O2S/c1-5-17(6-2)12(19)8(3)18-10-9(16-13(18)21)11(20-4)15-7-14-10/h7-8H,5-6H2,1-4H3,(H,16,21). The highest BCUT2D eigenvalue weighted by molar-refractivity contribution is 7.71. The van der Waals surface area contributed by atoms with Gasteiger partial charge in [-0.05, 0) is 33.0 Å². The zero-order chi connectivity index (χ0) is 15.6. The summed E-state index contributed by atoms with van der Waals surface area (Å²) in [6.07, 6.45) is 1.40. The molecule has 7 nitrogen and oxygen atoms in total. The zero-order valence-electron chi connectivity index (χ0n) is 12.6. The molecule has 1 atom stereocenters. The molecule has 114 valence electrons. The number of hydrogen-bond donors (Lipinski definition) is 1. The van der Waals surface area contributed by atoms with Crippen molar-refractivity contribution in [3.8, 4) is 5.88 Å². The first-order valence-electron chi connectivity index (χ1n) is 6.83. The molecular formula is C13H19N5O2S. The first-order valence-corrected chi connectivity index (χ1v) is 7.23. The fourth-order valence-corrected chi connectivity index (χ4v) is 2.69. The lowest BCUT2D eigenvalue weighted by atomic mass is 10.2. The summed E-state index contributed by atoms with van der Waals surface area (Å²) >= 11 is 5.33. The highest BCUT2D eigenvalue weighted by Crippen LogP contribution is 2.23. The maximum atomic E-state index is 12.5. The van der Waals surface area contributed by atoms with Crippen LogP contribution in [0.5, 0.6) is 5.88 Å². The van der Waals surface area contributed by atoms with Crippen molar-refractivity contribution in [3.05, 3.63) is 11.1 Å². The van der Waals surface area contributed by atoms with E-state index < -0.39 is 6.04 Å². The smallest absolute Gasteiger partial charge is 0.245 e. The van der Waals surface area contributed by atoms with Crippen LogP contribution in [0.3, 0.4) is 0 Å². The Balaban J connectivity index is 2.54. The molecule has 2 aromatic heterocycles. The van der Waals surface area contributed by atoms with Gasteiger partial charge in [-0.3, -0.25) is 9.36 Å². The molecule has 0 aliphatic rings. The van der Waals surface area contributed by atoms with Crippen LogP contribution >= 0.6 is 12.2 Å². The second-order valence-electron chi connectivity index (χ2n) is 4.57. The fourth-order valence-electron chi connectivity index (χ4n) is 2.34. The molecule has 0 fully saturated rings. The molecule has 21 heavy (non-hydrogen) atoms. The number of imidazole rings is 1. The predicted octanol–water partition coefficient (Wildman–Crippen LogP) is 1.93. The highest BCUT2D eigenvalue weighted by Gasteiger charge is 2.24. The molecule has 0 aromatic carbocycles. The zero-order valence-corrected chi connectivity index (χ0v) is 13.4. The Hall–Kier alpha value is -1.96. The van der Waals surface area contributed by atoms with Crippen molar-refractivity contribution in [1.29, 1.82) is 0 Å². The van der Waals surface area contributed by atoms with Crippen LogP contribution in [0.2, 0.25) is 0 Å². The minimum Gasteiger partial charge on any atom is -0.479 e. The molecule has 0 radical (unpaired) electrons. The van der Waals surface area contributed by atoms with Gasteiger partial charge in [0.2, 0.25) is 11.8 Å². The van der Waals surface area contributed by atoms with Crippen molar-refractivity contribution in [2.75, 3.05) is 20.2 Å². The van der Waals surface area contributed by atoms with Gasteiger partial charge in [0.25, 0.3) is 0 Å². The molecule has 2 aromatic rings. The SMILES string of the molecule is CCN(CC)C(=O)C(C)n1c(=S)[nH]c2c(OC)ncnc21. The summed E-state index contributed by atoms with van der Waals surface area (Å²) < 4.78 is 7.32. The van der Waals surface area contributed by atoms with E-state index in [0.717, 1.165) is 0 Å². The van der Waals surface area contributed by atoms with Crippen LogP contribution in [0, 0.1) is 4.77 Å². The number of aromatic amines is 1. The molecule has 0 bridgehead atoms. The highest BCUT2D eigenvalue weighted by atomic mass is 32.1. The molecular weight excluding hydrogens is 290 g/mol. The average Bonchev–Trinajstić information content (AvgIpc) is 2.83. The first kappa shape index (κ1) is 15.4. The molecule has 1 amide bonds. The normalized spacial score (nSPS) is 12.4. The van der Waals surface area contributed by atoms with Gasteiger partial charge in [0.15, 0.2) is 10.4 Å². The number of hydrogen-bond acceptors (Lipinski definition) is 5. The van der Waals surface area contributed by atoms with E-state index in [1.54, 1.807) is 9.47 Å². The van der Waals surface area contributed by atoms with E-state index in [2.05, 4.69) is 15.0 Å². The van der Waals surface area contributed by atoms with Gasteiger partial charge >= 0.3 is 0 Å². The van der Waals surface area contributed by atoms with Crippen LogP contribution in [0.1, 0.15) is 26.8 Å². The van der Waals surface area contributed by atoms with Gasteiger partial charge in [0.05, 0.1) is 7.11 Å². The number of carbonyl (C=O) groups is 1. The minimum absolute atomic E-state index is 0.00887. The van der Waals surface area contributed by atoms with E-state index in [-0.39, 0.29) is 5.91 Å². The minimum atomic E-state index is -0.439. The monoisotopic (exact) mass is 309 g/mol. The number of nitrogens with one attached hydrogen (secondary N) is 1. The van der Waals surface area contributed by atoms with Crippen molar-refractivity contribution >= 4 is 29.3 Å². The number of rotatable bonds is 5. The maximum Gasteiger partial charge on any atom is 0.245 e. The third-order valence-electron chi connectivity index (χ3n) is 3.48. The molecule has 0 aliphatic carbocycles. The van der Waals surface area contributed by atoms with Crippen molar-refractivity contribution in [3.63, 3.8) is 0 Å². The number of carbonyl (C=O) groups excluding carboxylic acids is 1. The van der Waals surface area contributed by atoms with Gasteiger partial charge in [-0.2, -0.15) is 4.98 Å². The third-order valence-corrected chi connectivity index (χ3v) is 3.78. The Morgan fingerprint density at radius 3 is 2.71 bits per heavy atom. The summed E-state index contributed by atoms with van der Waals surface area (Å²) in [5, 5.41) is 0. The van der Waals surface area contributed by atoms with Crippen LogP contribution in [0.25, 0.3) is 11.2 Å². The molecule has 0 saturated carbocycles. The summed E-state index contributed by atoms with van der Waals surface area (Å²) in [5.74, 6) is 0.418. The summed E-state index contributed by atoms with van der Waals surface area (Å²) in [6.45, 7) is 7.04. The number of nitrogens with zero attached hydrogens (tertiary/aromatic N) is 4. The van der Waals surface area contributed by atoms with Crippen LogP contribution in [0.15, 0.2) is 6.33 Å². The van der Waals surface area contributed by atoms with Gasteiger partial charge in [-0.25, -0.2) is 4.98 Å². The Morgan fingerprint density at radius 2 is 2.14 bits per heavy atom. The molecule has 2 heterocycles. The number of aromatic nitrogens is 4. The predicted molar refractivity (Wildman–Crippen MR) is 81.9 cm³/mol. The number of amides is 1. The van der Waals surface area contributed by atoms with Crippen LogP contribution in [0.4, 0.5) is 0 Å². The first-order chi connectivity index (χ1) is 10.0. The molecule has 0 aliphatic heterocycles. The number of H-pyrrole nitrogens is 1. The lowest BCUT2D eigenvalue weighted by Gasteiger charge is -2.23. The lowest BCUT2D eigenvalue weighted by molar-refractivity contribution is -0.133. The quantitative estimate of drug-likeness (QED) is 0.854. The van der Waals surface area contributed by atoms with Gasteiger partial charge < -0.3 is 14.6 Å². The molecule has 1 unspecified atom stereocenters. The Bertz CT molecular complexity index is 704. The second-order valence-corrected chi connectivity index (χ2v) is 4.95. The van der Waals surface area contributed by atoms with E-state index in [0.29, 0.717) is 34.9 Å². The van der Waals surface area contributed by atoms with E-state index in [9.17, 15) is 4.79 Å². The topological polar surface area (TPSA) is 76.0 Å². The fraction of sp³-hybridized carbons (Fsp3) is 0.538. The number of fused-ring (bicyclic) bond motifs is 1. The van der Waals surface area contributed by atoms with Gasteiger partial charge in [0.1, 0.15) is 17.9 Å². The van der Waals surface area contributed by atoms with Crippen LogP contribution in [-0.4, -0.2) is 50.5 Å². The summed E-state index contributed by atoms with van der Waals surface area (Å²) in [5.41, 5.74) is 1.17. The van der Waals surface area contributed by atoms with Crippen molar-refractivity contribution in [2.24, 2.45) is 0 Å². The van der Waals surface area contributed by atoms with Gasteiger partial charge in [-0.15, -0.1) is 0 Å². The lowest BCUT2D eigenvalue weighted by Crippen LogP contribution is -2.36. The Kier molecular flexibility index (Phi) is 4.56. The van der Waals surface area contributed by atoms with E-state index in [4.69, 9.17) is 17.0 Å². The second kappa shape index (κ2) is 6.21. The van der Waals surface area contributed by atoms with Crippen LogP contribution < -0.4 is 4.74 Å². The molecule has 8 heteroatoms. The number of ether oxygens (including phenoxy) is 1. The van der Waals surface area contributed by atoms with Crippen molar-refractivity contribution in [2.45, 2.75) is 26.8 Å². The summed E-state index contributed by atoms with van der Waals surface area (Å²) in [4.78, 5) is 25.6. The van der Waals surface area contributed by atoms with E-state index in [1.165, 1.54) is 13.4 Å².